The van der Waals surface area contributed by atoms with E-state index in [9.17, 15) is 9.59 Å². The van der Waals surface area contributed by atoms with Crippen LogP contribution in [0.1, 0.15) is 13.3 Å². The summed E-state index contributed by atoms with van der Waals surface area (Å²) in [6, 6.07) is 7.78. The Balaban J connectivity index is 1.76. The molecule has 2 aliphatic rings. The van der Waals surface area contributed by atoms with Crippen molar-refractivity contribution in [1.29, 1.82) is 0 Å². The van der Waals surface area contributed by atoms with Crippen molar-refractivity contribution in [2.75, 3.05) is 31.1 Å². The number of amides is 2. The van der Waals surface area contributed by atoms with E-state index >= 15 is 0 Å². The lowest BCUT2D eigenvalue weighted by molar-refractivity contribution is -0.142. The fourth-order valence-corrected chi connectivity index (χ4v) is 3.69. The van der Waals surface area contributed by atoms with E-state index in [-0.39, 0.29) is 17.9 Å². The van der Waals surface area contributed by atoms with Gasteiger partial charge in [-0.25, -0.2) is 0 Å². The van der Waals surface area contributed by atoms with Gasteiger partial charge in [0.2, 0.25) is 11.8 Å². The van der Waals surface area contributed by atoms with Crippen LogP contribution in [0.15, 0.2) is 28.7 Å². The van der Waals surface area contributed by atoms with Gasteiger partial charge in [-0.1, -0.05) is 12.1 Å². The van der Waals surface area contributed by atoms with Crippen molar-refractivity contribution in [2.24, 2.45) is 5.92 Å². The number of anilines is 1. The van der Waals surface area contributed by atoms with E-state index in [0.29, 0.717) is 19.5 Å². The Morgan fingerprint density at radius 3 is 2.82 bits per heavy atom. The highest BCUT2D eigenvalue weighted by molar-refractivity contribution is 9.10. The maximum absolute atomic E-state index is 12.7. The second-order valence-corrected chi connectivity index (χ2v) is 6.72. The number of carbonyl (C=O) groups excluding carboxylic acids is 2. The van der Waals surface area contributed by atoms with Crippen LogP contribution in [0.25, 0.3) is 0 Å². The standard InChI is InChI=1S/C16H20BrN3O2/c1-11-10-18-7-9-19(11)15(21)12-6-8-20(16(12)22)14-5-3-2-4-13(14)17/h2-5,11-12,18H,6-10H2,1H3/t11-,12?/m0/s1. The fraction of sp³-hybridized carbons (Fsp3) is 0.500. The van der Waals surface area contributed by atoms with E-state index in [0.717, 1.165) is 23.2 Å². The first kappa shape index (κ1) is 15.5. The van der Waals surface area contributed by atoms with Crippen LogP contribution >= 0.6 is 15.9 Å². The van der Waals surface area contributed by atoms with Crippen molar-refractivity contribution in [3.63, 3.8) is 0 Å². The normalized spacial score (nSPS) is 25.6. The third-order valence-electron chi connectivity index (χ3n) is 4.43. The largest absolute Gasteiger partial charge is 0.337 e. The van der Waals surface area contributed by atoms with Gasteiger partial charge in [-0.05, 0) is 41.4 Å². The number of halogens is 1. The predicted octanol–water partition coefficient (Wildman–Crippen LogP) is 1.62. The molecule has 0 saturated carbocycles. The molecule has 2 amide bonds. The molecule has 2 fully saturated rings. The molecule has 2 saturated heterocycles. The molecule has 2 atom stereocenters. The summed E-state index contributed by atoms with van der Waals surface area (Å²) >= 11 is 3.48. The number of rotatable bonds is 2. The van der Waals surface area contributed by atoms with Gasteiger partial charge in [0.25, 0.3) is 0 Å². The van der Waals surface area contributed by atoms with Gasteiger partial charge in [0.05, 0.1) is 5.69 Å². The molecule has 118 valence electrons. The highest BCUT2D eigenvalue weighted by atomic mass is 79.9. The van der Waals surface area contributed by atoms with Crippen molar-refractivity contribution in [2.45, 2.75) is 19.4 Å². The summed E-state index contributed by atoms with van der Waals surface area (Å²) in [7, 11) is 0. The predicted molar refractivity (Wildman–Crippen MR) is 88.6 cm³/mol. The summed E-state index contributed by atoms with van der Waals surface area (Å²) < 4.78 is 0.881. The molecular formula is C16H20BrN3O2. The second-order valence-electron chi connectivity index (χ2n) is 5.87. The Morgan fingerprint density at radius 2 is 2.09 bits per heavy atom. The van der Waals surface area contributed by atoms with Crippen molar-refractivity contribution < 1.29 is 9.59 Å². The van der Waals surface area contributed by atoms with E-state index in [1.807, 2.05) is 36.1 Å². The molecule has 2 heterocycles. The van der Waals surface area contributed by atoms with Gasteiger partial charge < -0.3 is 15.1 Å². The molecule has 1 aromatic rings. The zero-order valence-corrected chi connectivity index (χ0v) is 14.2. The molecule has 1 N–H and O–H groups in total. The van der Waals surface area contributed by atoms with Gasteiger partial charge in [0.1, 0.15) is 5.92 Å². The second kappa shape index (κ2) is 6.38. The number of piperazine rings is 1. The molecule has 0 radical (unpaired) electrons. The van der Waals surface area contributed by atoms with Gasteiger partial charge in [-0.2, -0.15) is 0 Å². The number of nitrogens with zero attached hydrogens (tertiary/aromatic N) is 2. The Labute approximate surface area is 138 Å². The van der Waals surface area contributed by atoms with E-state index in [2.05, 4.69) is 21.2 Å². The molecule has 3 rings (SSSR count). The van der Waals surface area contributed by atoms with E-state index in [4.69, 9.17) is 0 Å². The Kier molecular flexibility index (Phi) is 4.49. The molecule has 0 bridgehead atoms. The topological polar surface area (TPSA) is 52.7 Å². The summed E-state index contributed by atoms with van der Waals surface area (Å²) in [4.78, 5) is 29.0. The SMILES string of the molecule is C[C@H]1CNCCN1C(=O)C1CCN(c2ccccc2Br)C1=O. The average Bonchev–Trinajstić information content (AvgIpc) is 2.89. The van der Waals surface area contributed by atoms with Gasteiger partial charge >= 0.3 is 0 Å². The zero-order valence-electron chi connectivity index (χ0n) is 12.6. The summed E-state index contributed by atoms with van der Waals surface area (Å²) in [5.41, 5.74) is 0.844. The van der Waals surface area contributed by atoms with E-state index < -0.39 is 5.92 Å². The smallest absolute Gasteiger partial charge is 0.239 e. The number of benzene rings is 1. The zero-order chi connectivity index (χ0) is 15.7. The maximum Gasteiger partial charge on any atom is 0.239 e. The van der Waals surface area contributed by atoms with Gasteiger partial charge in [-0.3, -0.25) is 9.59 Å². The quantitative estimate of drug-likeness (QED) is 0.810. The monoisotopic (exact) mass is 365 g/mol. The lowest BCUT2D eigenvalue weighted by Gasteiger charge is -2.35. The minimum Gasteiger partial charge on any atom is -0.337 e. The van der Waals surface area contributed by atoms with Crippen LogP contribution in [0.4, 0.5) is 5.69 Å². The summed E-state index contributed by atoms with van der Waals surface area (Å²) in [6.45, 7) is 4.89. The molecule has 6 heteroatoms. The van der Waals surface area contributed by atoms with Crippen molar-refractivity contribution in [3.8, 4) is 0 Å². The van der Waals surface area contributed by atoms with Gasteiger partial charge in [0.15, 0.2) is 0 Å². The minimum absolute atomic E-state index is 0.0199. The molecule has 22 heavy (non-hydrogen) atoms. The average molecular weight is 366 g/mol. The highest BCUT2D eigenvalue weighted by Gasteiger charge is 2.41. The summed E-state index contributed by atoms with van der Waals surface area (Å²) in [5, 5.41) is 3.27. The highest BCUT2D eigenvalue weighted by Crippen LogP contribution is 2.32. The lowest BCUT2D eigenvalue weighted by Crippen LogP contribution is -2.54. The molecule has 2 aliphatic heterocycles. The van der Waals surface area contributed by atoms with Crippen LogP contribution in [0.2, 0.25) is 0 Å². The van der Waals surface area contributed by atoms with Crippen LogP contribution in [-0.2, 0) is 9.59 Å². The number of hydrogen-bond acceptors (Lipinski definition) is 3. The molecule has 5 nitrogen and oxygen atoms in total. The van der Waals surface area contributed by atoms with Crippen LogP contribution in [0, 0.1) is 5.92 Å². The minimum atomic E-state index is -0.535. The number of para-hydroxylation sites is 1. The van der Waals surface area contributed by atoms with Crippen LogP contribution in [0.5, 0.6) is 0 Å². The summed E-state index contributed by atoms with van der Waals surface area (Å²) in [6.07, 6.45) is 0.593. The lowest BCUT2D eigenvalue weighted by atomic mass is 10.0. The van der Waals surface area contributed by atoms with Crippen LogP contribution in [-0.4, -0.2) is 48.9 Å². The molecule has 1 aromatic carbocycles. The number of carbonyl (C=O) groups is 2. The molecular weight excluding hydrogens is 346 g/mol. The van der Waals surface area contributed by atoms with Gasteiger partial charge in [0, 0.05) is 36.7 Å². The van der Waals surface area contributed by atoms with E-state index in [1.165, 1.54) is 0 Å². The number of nitrogens with one attached hydrogen (secondary N) is 1. The van der Waals surface area contributed by atoms with Crippen molar-refractivity contribution in [3.05, 3.63) is 28.7 Å². The molecule has 0 spiro atoms. The third-order valence-corrected chi connectivity index (χ3v) is 5.10. The van der Waals surface area contributed by atoms with Crippen molar-refractivity contribution >= 4 is 33.4 Å². The van der Waals surface area contributed by atoms with E-state index in [1.54, 1.807) is 4.90 Å². The Hall–Kier alpha value is -1.40. The first-order valence-electron chi connectivity index (χ1n) is 7.66. The van der Waals surface area contributed by atoms with Crippen LogP contribution < -0.4 is 10.2 Å². The molecule has 1 unspecified atom stereocenters. The Morgan fingerprint density at radius 1 is 1.32 bits per heavy atom. The maximum atomic E-state index is 12.7. The third kappa shape index (κ3) is 2.77. The number of hydrogen-bond donors (Lipinski definition) is 1. The first-order valence-corrected chi connectivity index (χ1v) is 8.46. The first-order chi connectivity index (χ1) is 10.6. The Bertz CT molecular complexity index is 593. The molecule has 0 aromatic heterocycles. The van der Waals surface area contributed by atoms with Crippen molar-refractivity contribution in [1.82, 2.24) is 10.2 Å². The van der Waals surface area contributed by atoms with Crippen LogP contribution in [0.3, 0.4) is 0 Å². The van der Waals surface area contributed by atoms with Gasteiger partial charge in [-0.15, -0.1) is 0 Å². The fourth-order valence-electron chi connectivity index (χ4n) is 3.19. The molecule has 0 aliphatic carbocycles. The summed E-state index contributed by atoms with van der Waals surface area (Å²) in [5.74, 6) is -0.635.